The van der Waals surface area contributed by atoms with Crippen LogP contribution < -0.4 is 0 Å². The number of benzene rings is 1. The Labute approximate surface area is 143 Å². The highest BCUT2D eigenvalue weighted by molar-refractivity contribution is 5.73. The lowest BCUT2D eigenvalue weighted by atomic mass is 10.0. The lowest BCUT2D eigenvalue weighted by Gasteiger charge is -2.38. The minimum absolute atomic E-state index is 0.140. The SMILES string of the molecule is CC(=O)N(C)C1CCN(C(C)c2ncc(-c3ccccc3)o2)CC1. The first-order valence-corrected chi connectivity index (χ1v) is 8.55. The Morgan fingerprint density at radius 2 is 1.96 bits per heavy atom. The van der Waals surface area contributed by atoms with Crippen LogP contribution in [0.2, 0.25) is 0 Å². The zero-order valence-electron chi connectivity index (χ0n) is 14.6. The molecule has 5 nitrogen and oxygen atoms in total. The maximum absolute atomic E-state index is 11.5. The third-order valence-corrected chi connectivity index (χ3v) is 5.03. The largest absolute Gasteiger partial charge is 0.439 e. The summed E-state index contributed by atoms with van der Waals surface area (Å²) in [6, 6.07) is 10.5. The third kappa shape index (κ3) is 3.51. The van der Waals surface area contributed by atoms with Crippen molar-refractivity contribution in [3.63, 3.8) is 0 Å². The van der Waals surface area contributed by atoms with E-state index in [0.29, 0.717) is 6.04 Å². The molecule has 0 spiro atoms. The molecule has 24 heavy (non-hydrogen) atoms. The molecule has 1 saturated heterocycles. The van der Waals surface area contributed by atoms with Crippen LogP contribution in [0, 0.1) is 0 Å². The third-order valence-electron chi connectivity index (χ3n) is 5.03. The van der Waals surface area contributed by atoms with Crippen molar-refractivity contribution in [2.45, 2.75) is 38.8 Å². The number of aromatic nitrogens is 1. The first kappa shape index (κ1) is 16.7. The van der Waals surface area contributed by atoms with E-state index in [0.717, 1.165) is 43.1 Å². The molecule has 2 aromatic rings. The molecule has 1 aliphatic rings. The normalized spacial score (nSPS) is 17.6. The fraction of sp³-hybridized carbons (Fsp3) is 0.474. The first-order valence-electron chi connectivity index (χ1n) is 8.55. The van der Waals surface area contributed by atoms with Crippen LogP contribution in [0.3, 0.4) is 0 Å². The maximum Gasteiger partial charge on any atom is 0.219 e. The number of carbonyl (C=O) groups excluding carboxylic acids is 1. The van der Waals surface area contributed by atoms with Gasteiger partial charge < -0.3 is 9.32 Å². The summed E-state index contributed by atoms with van der Waals surface area (Å²) in [6.45, 7) is 5.67. The fourth-order valence-corrected chi connectivity index (χ4v) is 3.29. The van der Waals surface area contributed by atoms with Crippen molar-refractivity contribution in [3.8, 4) is 11.3 Å². The van der Waals surface area contributed by atoms with E-state index >= 15 is 0 Å². The Morgan fingerprint density at radius 3 is 2.58 bits per heavy atom. The number of hydrogen-bond acceptors (Lipinski definition) is 4. The second kappa shape index (κ2) is 7.18. The van der Waals surface area contributed by atoms with Crippen LogP contribution >= 0.6 is 0 Å². The summed E-state index contributed by atoms with van der Waals surface area (Å²) in [6.07, 6.45) is 3.79. The van der Waals surface area contributed by atoms with E-state index in [9.17, 15) is 4.79 Å². The molecule has 2 heterocycles. The predicted molar refractivity (Wildman–Crippen MR) is 93.4 cm³/mol. The Bertz CT molecular complexity index is 675. The van der Waals surface area contributed by atoms with E-state index in [4.69, 9.17) is 4.42 Å². The van der Waals surface area contributed by atoms with Gasteiger partial charge in [0.05, 0.1) is 12.2 Å². The average Bonchev–Trinajstić information content (AvgIpc) is 3.11. The van der Waals surface area contributed by atoms with Crippen LogP contribution in [0.1, 0.15) is 38.6 Å². The van der Waals surface area contributed by atoms with Crippen molar-refractivity contribution in [2.24, 2.45) is 0 Å². The van der Waals surface area contributed by atoms with Gasteiger partial charge in [0, 0.05) is 38.7 Å². The van der Waals surface area contributed by atoms with Gasteiger partial charge in [0.2, 0.25) is 11.8 Å². The van der Waals surface area contributed by atoms with Crippen molar-refractivity contribution in [1.82, 2.24) is 14.8 Å². The summed E-state index contributed by atoms with van der Waals surface area (Å²) in [5.41, 5.74) is 1.05. The van der Waals surface area contributed by atoms with Crippen LogP contribution in [-0.2, 0) is 4.79 Å². The Balaban J connectivity index is 1.63. The lowest BCUT2D eigenvalue weighted by Crippen LogP contribution is -2.45. The van der Waals surface area contributed by atoms with Crippen molar-refractivity contribution in [3.05, 3.63) is 42.4 Å². The molecule has 0 radical (unpaired) electrons. The summed E-state index contributed by atoms with van der Waals surface area (Å²) < 4.78 is 5.98. The number of piperidine rings is 1. The second-order valence-electron chi connectivity index (χ2n) is 6.50. The fourth-order valence-electron chi connectivity index (χ4n) is 3.29. The zero-order valence-corrected chi connectivity index (χ0v) is 14.6. The molecular weight excluding hydrogens is 302 g/mol. The van der Waals surface area contributed by atoms with Gasteiger partial charge in [0.15, 0.2) is 5.76 Å². The summed E-state index contributed by atoms with van der Waals surface area (Å²) in [7, 11) is 1.90. The molecule has 1 aromatic carbocycles. The zero-order chi connectivity index (χ0) is 17.1. The van der Waals surface area contributed by atoms with Gasteiger partial charge in [-0.05, 0) is 19.8 Å². The van der Waals surface area contributed by atoms with Crippen molar-refractivity contribution in [1.29, 1.82) is 0 Å². The van der Waals surface area contributed by atoms with E-state index in [2.05, 4.69) is 16.8 Å². The van der Waals surface area contributed by atoms with Crippen LogP contribution in [0.4, 0.5) is 0 Å². The molecule has 0 bridgehead atoms. The smallest absolute Gasteiger partial charge is 0.219 e. The molecule has 0 aliphatic carbocycles. The van der Waals surface area contributed by atoms with E-state index in [1.807, 2.05) is 42.3 Å². The minimum Gasteiger partial charge on any atom is -0.439 e. The van der Waals surface area contributed by atoms with Gasteiger partial charge in [-0.3, -0.25) is 9.69 Å². The van der Waals surface area contributed by atoms with Crippen LogP contribution in [0.25, 0.3) is 11.3 Å². The topological polar surface area (TPSA) is 49.6 Å². The highest BCUT2D eigenvalue weighted by atomic mass is 16.4. The highest BCUT2D eigenvalue weighted by Crippen LogP contribution is 2.28. The molecule has 1 amide bonds. The van der Waals surface area contributed by atoms with E-state index in [-0.39, 0.29) is 11.9 Å². The number of rotatable bonds is 4. The molecule has 5 heteroatoms. The van der Waals surface area contributed by atoms with E-state index < -0.39 is 0 Å². The average molecular weight is 327 g/mol. The molecule has 1 aromatic heterocycles. The van der Waals surface area contributed by atoms with Gasteiger partial charge in [-0.25, -0.2) is 4.98 Å². The molecule has 3 rings (SSSR count). The van der Waals surface area contributed by atoms with Gasteiger partial charge in [0.25, 0.3) is 0 Å². The van der Waals surface area contributed by atoms with Crippen LogP contribution in [0.5, 0.6) is 0 Å². The van der Waals surface area contributed by atoms with E-state index in [1.54, 1.807) is 13.1 Å². The second-order valence-corrected chi connectivity index (χ2v) is 6.50. The number of nitrogens with zero attached hydrogens (tertiary/aromatic N) is 3. The molecule has 0 N–H and O–H groups in total. The summed E-state index contributed by atoms with van der Waals surface area (Å²) in [5, 5.41) is 0. The van der Waals surface area contributed by atoms with Gasteiger partial charge in [0.1, 0.15) is 0 Å². The predicted octanol–water partition coefficient (Wildman–Crippen LogP) is 3.35. The Morgan fingerprint density at radius 1 is 1.29 bits per heavy atom. The molecule has 1 fully saturated rings. The lowest BCUT2D eigenvalue weighted by molar-refractivity contribution is -0.130. The monoisotopic (exact) mass is 327 g/mol. The van der Waals surface area contributed by atoms with E-state index in [1.165, 1.54) is 0 Å². The first-order chi connectivity index (χ1) is 11.6. The molecular formula is C19H25N3O2. The van der Waals surface area contributed by atoms with Crippen LogP contribution in [0.15, 0.2) is 40.9 Å². The number of oxazole rings is 1. The standard InChI is InChI=1S/C19H25N3O2/c1-14(22-11-9-17(10-12-22)21(3)15(2)23)19-20-13-18(24-19)16-7-5-4-6-8-16/h4-8,13-14,17H,9-12H2,1-3H3. The van der Waals surface area contributed by atoms with Crippen molar-refractivity contribution >= 4 is 5.91 Å². The van der Waals surface area contributed by atoms with Crippen LogP contribution in [-0.4, -0.2) is 46.9 Å². The number of hydrogen-bond donors (Lipinski definition) is 0. The van der Waals surface area contributed by atoms with Gasteiger partial charge in [-0.2, -0.15) is 0 Å². The molecule has 0 saturated carbocycles. The minimum atomic E-state index is 0.140. The Kier molecular flexibility index (Phi) is 5.00. The summed E-state index contributed by atoms with van der Waals surface area (Å²) >= 11 is 0. The van der Waals surface area contributed by atoms with Crippen molar-refractivity contribution < 1.29 is 9.21 Å². The number of likely N-dealkylation sites (tertiary alicyclic amines) is 1. The Hall–Kier alpha value is -2.14. The molecule has 128 valence electrons. The molecule has 1 atom stereocenters. The number of amides is 1. The molecule has 1 unspecified atom stereocenters. The highest BCUT2D eigenvalue weighted by Gasteiger charge is 2.28. The number of carbonyl (C=O) groups is 1. The molecule has 1 aliphatic heterocycles. The van der Waals surface area contributed by atoms with Gasteiger partial charge in [-0.1, -0.05) is 30.3 Å². The summed E-state index contributed by atoms with van der Waals surface area (Å²) in [4.78, 5) is 20.2. The quantitative estimate of drug-likeness (QED) is 0.864. The van der Waals surface area contributed by atoms with Gasteiger partial charge >= 0.3 is 0 Å². The van der Waals surface area contributed by atoms with Gasteiger partial charge in [-0.15, -0.1) is 0 Å². The summed E-state index contributed by atoms with van der Waals surface area (Å²) in [5.74, 6) is 1.71. The maximum atomic E-state index is 11.5. The van der Waals surface area contributed by atoms with Crippen molar-refractivity contribution in [2.75, 3.05) is 20.1 Å².